The summed E-state index contributed by atoms with van der Waals surface area (Å²) < 4.78 is 1.90. The van der Waals surface area contributed by atoms with Gasteiger partial charge in [-0.25, -0.2) is 4.99 Å². The predicted octanol–water partition coefficient (Wildman–Crippen LogP) is 2.26. The maximum atomic E-state index is 11.9. The van der Waals surface area contributed by atoms with Crippen LogP contribution in [0.25, 0.3) is 6.08 Å². The minimum absolute atomic E-state index is 0.0579. The third-order valence-electron chi connectivity index (χ3n) is 3.28. The molecule has 3 N–H and O–H groups in total. The molecule has 1 aliphatic heterocycles. The number of nitrogens with zero attached hydrogens (tertiary/aromatic N) is 2. The lowest BCUT2D eigenvalue weighted by atomic mass is 10.0. The van der Waals surface area contributed by atoms with Crippen molar-refractivity contribution in [2.75, 3.05) is 6.54 Å². The summed E-state index contributed by atoms with van der Waals surface area (Å²) >= 11 is 5.68. The summed E-state index contributed by atoms with van der Waals surface area (Å²) in [6, 6.07) is 1.88. The third-order valence-corrected chi connectivity index (χ3v) is 3.36. The maximum absolute atomic E-state index is 11.9. The first-order chi connectivity index (χ1) is 8.95. The van der Waals surface area contributed by atoms with Crippen molar-refractivity contribution < 1.29 is 4.79 Å². The van der Waals surface area contributed by atoms with Crippen molar-refractivity contribution in [3.8, 4) is 0 Å². The Labute approximate surface area is 117 Å². The minimum Gasteiger partial charge on any atom is -0.374 e. The fourth-order valence-corrected chi connectivity index (χ4v) is 2.41. The number of hydrogen-bond donors (Lipinski definition) is 2. The van der Waals surface area contributed by atoms with E-state index in [4.69, 9.17) is 17.3 Å². The molecule has 1 amide bonds. The van der Waals surface area contributed by atoms with Gasteiger partial charge in [-0.05, 0) is 23.6 Å². The Balaban J connectivity index is 2.69. The summed E-state index contributed by atoms with van der Waals surface area (Å²) in [4.78, 5) is 16.1. The Bertz CT molecular complexity index is 555. The number of nitrogens with two attached hydrogens (primary N) is 1. The van der Waals surface area contributed by atoms with Crippen LogP contribution in [0, 0.1) is 5.92 Å². The van der Waals surface area contributed by atoms with Crippen molar-refractivity contribution in [1.82, 2.24) is 9.88 Å². The highest BCUT2D eigenvalue weighted by Gasteiger charge is 2.30. The lowest BCUT2D eigenvalue weighted by Gasteiger charge is -2.30. The second kappa shape index (κ2) is 5.09. The van der Waals surface area contributed by atoms with Crippen molar-refractivity contribution in [2.24, 2.45) is 16.6 Å². The molecular formula is C13H17ClN4O. The zero-order chi connectivity index (χ0) is 14.2. The highest BCUT2D eigenvalue weighted by Crippen LogP contribution is 2.34. The van der Waals surface area contributed by atoms with E-state index < -0.39 is 0 Å². The first kappa shape index (κ1) is 13.7. The molecule has 0 bridgehead atoms. The Morgan fingerprint density at radius 3 is 2.95 bits per heavy atom. The summed E-state index contributed by atoms with van der Waals surface area (Å²) in [5.41, 5.74) is 6.78. The second-order valence-electron chi connectivity index (χ2n) is 4.84. The second-order valence-corrected chi connectivity index (χ2v) is 5.23. The molecule has 102 valence electrons. The van der Waals surface area contributed by atoms with E-state index in [0.717, 1.165) is 5.56 Å². The fraction of sp³-hybridized carbons (Fsp3) is 0.385. The van der Waals surface area contributed by atoms with E-state index in [1.165, 1.54) is 0 Å². The SMILES string of the molecule is C=Cc1cc2n(c1N=C(N)Cl)C(C(C)C)CNC2=O. The molecular weight excluding hydrogens is 264 g/mol. The van der Waals surface area contributed by atoms with Gasteiger partial charge in [0.1, 0.15) is 11.5 Å². The number of hydrogen-bond acceptors (Lipinski definition) is 2. The number of carbonyl (C=O) groups is 1. The molecule has 19 heavy (non-hydrogen) atoms. The number of rotatable bonds is 3. The van der Waals surface area contributed by atoms with Gasteiger partial charge in [0, 0.05) is 12.1 Å². The van der Waals surface area contributed by atoms with Crippen molar-refractivity contribution in [3.63, 3.8) is 0 Å². The summed E-state index contributed by atoms with van der Waals surface area (Å²) in [5, 5.41) is 2.82. The van der Waals surface area contributed by atoms with E-state index in [1.54, 1.807) is 12.1 Å². The molecule has 6 heteroatoms. The van der Waals surface area contributed by atoms with E-state index in [2.05, 4.69) is 30.7 Å². The van der Waals surface area contributed by atoms with Gasteiger partial charge < -0.3 is 15.6 Å². The molecule has 0 aliphatic carbocycles. The molecule has 0 saturated heterocycles. The molecule has 0 saturated carbocycles. The Morgan fingerprint density at radius 1 is 1.74 bits per heavy atom. The summed E-state index contributed by atoms with van der Waals surface area (Å²) in [7, 11) is 0. The highest BCUT2D eigenvalue weighted by molar-refractivity contribution is 6.64. The first-order valence-electron chi connectivity index (χ1n) is 6.11. The van der Waals surface area contributed by atoms with Gasteiger partial charge in [-0.2, -0.15) is 0 Å². The Kier molecular flexibility index (Phi) is 3.66. The van der Waals surface area contributed by atoms with Crippen LogP contribution in [-0.2, 0) is 0 Å². The molecule has 2 heterocycles. The normalized spacial score (nSPS) is 19.3. The third kappa shape index (κ3) is 2.38. The van der Waals surface area contributed by atoms with Crippen LogP contribution in [0.15, 0.2) is 17.6 Å². The van der Waals surface area contributed by atoms with Gasteiger partial charge in [0.25, 0.3) is 5.91 Å². The highest BCUT2D eigenvalue weighted by atomic mass is 35.5. The topological polar surface area (TPSA) is 72.4 Å². The van der Waals surface area contributed by atoms with Crippen molar-refractivity contribution >= 4 is 34.7 Å². The van der Waals surface area contributed by atoms with E-state index >= 15 is 0 Å². The number of aliphatic imine (C=N–C) groups is 1. The van der Waals surface area contributed by atoms with Crippen LogP contribution in [0.4, 0.5) is 5.82 Å². The molecule has 5 nitrogen and oxygen atoms in total. The zero-order valence-corrected chi connectivity index (χ0v) is 11.7. The average Bonchev–Trinajstić information content (AvgIpc) is 2.68. The molecule has 0 radical (unpaired) electrons. The van der Waals surface area contributed by atoms with Crippen LogP contribution in [0.3, 0.4) is 0 Å². The van der Waals surface area contributed by atoms with Crippen LogP contribution >= 0.6 is 11.6 Å². The van der Waals surface area contributed by atoms with Crippen molar-refractivity contribution in [2.45, 2.75) is 19.9 Å². The van der Waals surface area contributed by atoms with Crippen LogP contribution in [0.5, 0.6) is 0 Å². The molecule has 1 aromatic heterocycles. The van der Waals surface area contributed by atoms with E-state index in [0.29, 0.717) is 24.0 Å². The first-order valence-corrected chi connectivity index (χ1v) is 6.49. The predicted molar refractivity (Wildman–Crippen MR) is 77.9 cm³/mol. The Morgan fingerprint density at radius 2 is 2.42 bits per heavy atom. The molecule has 1 aliphatic rings. The molecule has 2 rings (SSSR count). The molecule has 0 spiro atoms. The summed E-state index contributed by atoms with van der Waals surface area (Å²) in [5.74, 6) is 0.815. The number of amidine groups is 1. The number of aromatic nitrogens is 1. The quantitative estimate of drug-likeness (QED) is 0.506. The number of nitrogens with one attached hydrogen (secondary N) is 1. The summed E-state index contributed by atoms with van der Waals surface area (Å²) in [6.07, 6.45) is 1.65. The van der Waals surface area contributed by atoms with Gasteiger partial charge in [0.15, 0.2) is 5.29 Å². The standard InChI is InChI=1S/C13H17ClN4O/c1-4-8-5-9-12(19)16-6-10(7(2)3)18(9)11(8)17-13(14)15/h4-5,7,10H,1,6H2,2-3H3,(H2,15,17)(H,16,19). The number of fused-ring (bicyclic) bond motifs is 1. The van der Waals surface area contributed by atoms with Crippen LogP contribution in [0.1, 0.15) is 35.9 Å². The molecule has 0 fully saturated rings. The van der Waals surface area contributed by atoms with Gasteiger partial charge in [-0.3, -0.25) is 4.79 Å². The molecule has 1 unspecified atom stereocenters. The van der Waals surface area contributed by atoms with Gasteiger partial charge in [0.2, 0.25) is 0 Å². The average molecular weight is 281 g/mol. The maximum Gasteiger partial charge on any atom is 0.268 e. The summed E-state index contributed by atoms with van der Waals surface area (Å²) in [6.45, 7) is 8.50. The molecule has 1 aromatic rings. The number of carbonyl (C=O) groups excluding carboxylic acids is 1. The molecule has 0 aromatic carbocycles. The van der Waals surface area contributed by atoms with E-state index in [1.807, 2.05) is 4.57 Å². The van der Waals surface area contributed by atoms with Gasteiger partial charge in [0.05, 0.1) is 6.04 Å². The number of amides is 1. The largest absolute Gasteiger partial charge is 0.374 e. The van der Waals surface area contributed by atoms with E-state index in [9.17, 15) is 4.79 Å². The van der Waals surface area contributed by atoms with E-state index in [-0.39, 0.29) is 17.2 Å². The molecule has 1 atom stereocenters. The van der Waals surface area contributed by atoms with Crippen LogP contribution in [0.2, 0.25) is 0 Å². The van der Waals surface area contributed by atoms with Crippen molar-refractivity contribution in [1.29, 1.82) is 0 Å². The lowest BCUT2D eigenvalue weighted by molar-refractivity contribution is 0.0906. The monoisotopic (exact) mass is 280 g/mol. The van der Waals surface area contributed by atoms with Gasteiger partial charge in [-0.1, -0.05) is 26.5 Å². The fourth-order valence-electron chi connectivity index (χ4n) is 2.33. The zero-order valence-electron chi connectivity index (χ0n) is 11.0. The minimum atomic E-state index is -0.116. The van der Waals surface area contributed by atoms with Crippen LogP contribution in [-0.4, -0.2) is 22.3 Å². The number of halogens is 1. The Hall–Kier alpha value is -1.75. The van der Waals surface area contributed by atoms with Crippen molar-refractivity contribution in [3.05, 3.63) is 23.9 Å². The van der Waals surface area contributed by atoms with Gasteiger partial charge >= 0.3 is 0 Å². The smallest absolute Gasteiger partial charge is 0.268 e. The van der Waals surface area contributed by atoms with Gasteiger partial charge in [-0.15, -0.1) is 0 Å². The lowest BCUT2D eigenvalue weighted by Crippen LogP contribution is -2.40. The van der Waals surface area contributed by atoms with Crippen LogP contribution < -0.4 is 11.1 Å².